The van der Waals surface area contributed by atoms with Crippen LogP contribution in [0.3, 0.4) is 0 Å². The van der Waals surface area contributed by atoms with Gasteiger partial charge in [-0.05, 0) is 57.1 Å². The van der Waals surface area contributed by atoms with Crippen LogP contribution >= 0.6 is 43.6 Å². The van der Waals surface area contributed by atoms with Crippen molar-refractivity contribution in [2.45, 2.75) is 18.5 Å². The number of furan rings is 1. The predicted octanol–water partition coefficient (Wildman–Crippen LogP) is 3.24. The van der Waals surface area contributed by atoms with Crippen LogP contribution in [0.2, 0.25) is 0 Å². The van der Waals surface area contributed by atoms with Gasteiger partial charge in [0.25, 0.3) is 0 Å². The lowest BCUT2D eigenvalue weighted by Gasteiger charge is -2.30. The summed E-state index contributed by atoms with van der Waals surface area (Å²) in [6.45, 7) is 0.573. The SMILES string of the molecule is CN(C1CCSC1)C(CN)c1cc(Br)c(Br)o1. The van der Waals surface area contributed by atoms with E-state index < -0.39 is 0 Å². The average molecular weight is 384 g/mol. The van der Waals surface area contributed by atoms with E-state index in [9.17, 15) is 0 Å². The van der Waals surface area contributed by atoms with Crippen molar-refractivity contribution in [2.24, 2.45) is 5.73 Å². The highest BCUT2D eigenvalue weighted by Gasteiger charge is 2.28. The van der Waals surface area contributed by atoms with Gasteiger partial charge in [0.1, 0.15) is 5.76 Å². The Labute approximate surface area is 123 Å². The van der Waals surface area contributed by atoms with Gasteiger partial charge < -0.3 is 10.2 Å². The Bertz CT molecular complexity index is 360. The lowest BCUT2D eigenvalue weighted by molar-refractivity contribution is 0.170. The first-order valence-corrected chi connectivity index (χ1v) is 8.32. The van der Waals surface area contributed by atoms with E-state index in [0.29, 0.717) is 12.6 Å². The maximum atomic E-state index is 5.89. The highest BCUT2D eigenvalue weighted by atomic mass is 79.9. The Hall–Kier alpha value is 0.510. The van der Waals surface area contributed by atoms with E-state index in [4.69, 9.17) is 10.2 Å². The molecule has 2 atom stereocenters. The van der Waals surface area contributed by atoms with Gasteiger partial charge in [-0.3, -0.25) is 4.90 Å². The molecule has 1 fully saturated rings. The molecule has 2 N–H and O–H groups in total. The minimum atomic E-state index is 0.154. The first-order chi connectivity index (χ1) is 8.13. The van der Waals surface area contributed by atoms with Crippen molar-refractivity contribution < 1.29 is 4.42 Å². The van der Waals surface area contributed by atoms with Crippen molar-refractivity contribution in [2.75, 3.05) is 25.1 Å². The normalized spacial score (nSPS) is 22.3. The lowest BCUT2D eigenvalue weighted by atomic mass is 10.1. The molecule has 1 aliphatic heterocycles. The molecule has 2 heterocycles. The Kier molecular flexibility index (Phi) is 5.00. The number of nitrogens with two attached hydrogens (primary N) is 1. The van der Waals surface area contributed by atoms with Crippen molar-refractivity contribution in [3.63, 3.8) is 0 Å². The molecule has 3 nitrogen and oxygen atoms in total. The summed E-state index contributed by atoms with van der Waals surface area (Å²) < 4.78 is 7.37. The highest BCUT2D eigenvalue weighted by molar-refractivity contribution is 9.13. The zero-order valence-electron chi connectivity index (χ0n) is 9.66. The number of thioether (sulfide) groups is 1. The fraction of sp³-hybridized carbons (Fsp3) is 0.636. The highest BCUT2D eigenvalue weighted by Crippen LogP contribution is 2.34. The van der Waals surface area contributed by atoms with Gasteiger partial charge in [-0.25, -0.2) is 0 Å². The van der Waals surface area contributed by atoms with Gasteiger partial charge in [0.05, 0.1) is 10.5 Å². The fourth-order valence-corrected chi connectivity index (χ4v) is 4.00. The number of nitrogens with zero attached hydrogens (tertiary/aromatic N) is 1. The number of hydrogen-bond acceptors (Lipinski definition) is 4. The Morgan fingerprint density at radius 2 is 2.41 bits per heavy atom. The second-order valence-corrected chi connectivity index (χ2v) is 6.93. The van der Waals surface area contributed by atoms with Crippen molar-refractivity contribution in [3.05, 3.63) is 21.0 Å². The third kappa shape index (κ3) is 3.10. The minimum absolute atomic E-state index is 0.154. The van der Waals surface area contributed by atoms with E-state index in [1.807, 2.05) is 17.8 Å². The molecule has 6 heteroatoms. The number of hydrogen-bond donors (Lipinski definition) is 1. The summed E-state index contributed by atoms with van der Waals surface area (Å²) >= 11 is 8.82. The van der Waals surface area contributed by atoms with E-state index in [1.165, 1.54) is 17.9 Å². The molecular weight excluding hydrogens is 368 g/mol. The number of likely N-dealkylation sites (N-methyl/N-ethyl adjacent to an activating group) is 1. The van der Waals surface area contributed by atoms with E-state index in [2.05, 4.69) is 43.8 Å². The summed E-state index contributed by atoms with van der Waals surface area (Å²) in [7, 11) is 2.14. The van der Waals surface area contributed by atoms with Gasteiger partial charge in [-0.15, -0.1) is 0 Å². The summed E-state index contributed by atoms with van der Waals surface area (Å²) in [5.74, 6) is 3.36. The van der Waals surface area contributed by atoms with Crippen molar-refractivity contribution in [1.29, 1.82) is 0 Å². The molecule has 0 spiro atoms. The second-order valence-electron chi connectivity index (χ2n) is 4.20. The molecule has 0 aromatic carbocycles. The number of rotatable bonds is 4. The topological polar surface area (TPSA) is 42.4 Å². The maximum Gasteiger partial charge on any atom is 0.183 e. The monoisotopic (exact) mass is 382 g/mol. The first kappa shape index (κ1) is 13.9. The molecule has 2 unspecified atom stereocenters. The molecule has 0 radical (unpaired) electrons. The summed E-state index contributed by atoms with van der Waals surface area (Å²) in [5.41, 5.74) is 5.89. The van der Waals surface area contributed by atoms with Crippen LogP contribution in [0, 0.1) is 0 Å². The molecular formula is C11H16Br2N2OS. The molecule has 1 aromatic rings. The molecule has 96 valence electrons. The van der Waals surface area contributed by atoms with Crippen LogP contribution < -0.4 is 5.73 Å². The molecule has 2 rings (SSSR count). The van der Waals surface area contributed by atoms with E-state index in [0.717, 1.165) is 14.9 Å². The Morgan fingerprint density at radius 3 is 2.88 bits per heavy atom. The van der Waals surface area contributed by atoms with Gasteiger partial charge in [0, 0.05) is 18.3 Å². The predicted molar refractivity (Wildman–Crippen MR) is 79.4 cm³/mol. The van der Waals surface area contributed by atoms with E-state index >= 15 is 0 Å². The Balaban J connectivity index is 2.14. The fourth-order valence-electron chi connectivity index (χ4n) is 2.11. The van der Waals surface area contributed by atoms with Crippen LogP contribution in [0.1, 0.15) is 18.2 Å². The molecule has 1 saturated heterocycles. The maximum absolute atomic E-state index is 5.89. The molecule has 0 aliphatic carbocycles. The third-order valence-electron chi connectivity index (χ3n) is 3.19. The van der Waals surface area contributed by atoms with Crippen LogP contribution in [-0.4, -0.2) is 36.0 Å². The van der Waals surface area contributed by atoms with Crippen LogP contribution in [0.4, 0.5) is 0 Å². The first-order valence-electron chi connectivity index (χ1n) is 5.58. The molecule has 0 bridgehead atoms. The lowest BCUT2D eigenvalue weighted by Crippen LogP contribution is -2.38. The van der Waals surface area contributed by atoms with Crippen LogP contribution in [0.15, 0.2) is 19.6 Å². The quantitative estimate of drug-likeness (QED) is 0.866. The molecule has 0 amide bonds. The summed E-state index contributed by atoms with van der Waals surface area (Å²) in [6, 6.07) is 2.76. The van der Waals surface area contributed by atoms with Gasteiger partial charge >= 0.3 is 0 Å². The second kappa shape index (κ2) is 6.10. The van der Waals surface area contributed by atoms with Crippen molar-refractivity contribution in [3.8, 4) is 0 Å². The van der Waals surface area contributed by atoms with Gasteiger partial charge in [-0.1, -0.05) is 0 Å². The zero-order chi connectivity index (χ0) is 12.4. The molecule has 1 aliphatic rings. The van der Waals surface area contributed by atoms with Crippen LogP contribution in [0.25, 0.3) is 0 Å². The summed E-state index contributed by atoms with van der Waals surface area (Å²) in [4.78, 5) is 2.34. The number of halogens is 2. The largest absolute Gasteiger partial charge is 0.451 e. The van der Waals surface area contributed by atoms with E-state index in [-0.39, 0.29) is 6.04 Å². The van der Waals surface area contributed by atoms with Gasteiger partial charge in [0.15, 0.2) is 4.67 Å². The summed E-state index contributed by atoms with van der Waals surface area (Å²) in [6.07, 6.45) is 1.24. The van der Waals surface area contributed by atoms with Gasteiger partial charge in [0.2, 0.25) is 0 Å². The van der Waals surface area contributed by atoms with E-state index in [1.54, 1.807) is 0 Å². The van der Waals surface area contributed by atoms with Crippen molar-refractivity contribution >= 4 is 43.6 Å². The zero-order valence-corrected chi connectivity index (χ0v) is 13.6. The molecule has 1 aromatic heterocycles. The standard InChI is InChI=1S/C11H16Br2N2OS/c1-15(7-2-3-17-6-7)9(5-14)10-4-8(12)11(13)16-10/h4,7,9H,2-3,5-6,14H2,1H3. The minimum Gasteiger partial charge on any atom is -0.451 e. The smallest absolute Gasteiger partial charge is 0.183 e. The van der Waals surface area contributed by atoms with Crippen molar-refractivity contribution in [1.82, 2.24) is 4.90 Å². The van der Waals surface area contributed by atoms with Crippen LogP contribution in [-0.2, 0) is 0 Å². The van der Waals surface area contributed by atoms with Crippen LogP contribution in [0.5, 0.6) is 0 Å². The molecule has 17 heavy (non-hydrogen) atoms. The van der Waals surface area contributed by atoms with Gasteiger partial charge in [-0.2, -0.15) is 11.8 Å². The summed E-state index contributed by atoms with van der Waals surface area (Å²) in [5, 5.41) is 0. The Morgan fingerprint density at radius 1 is 1.65 bits per heavy atom. The average Bonchev–Trinajstić information content (AvgIpc) is 2.91. The molecule has 0 saturated carbocycles. The third-order valence-corrected chi connectivity index (χ3v) is 6.04.